The van der Waals surface area contributed by atoms with Crippen molar-refractivity contribution >= 4 is 5.69 Å². The molecule has 2 heterocycles. The van der Waals surface area contributed by atoms with Gasteiger partial charge in [-0.2, -0.15) is 0 Å². The van der Waals surface area contributed by atoms with Gasteiger partial charge in [-0.3, -0.25) is 4.98 Å². The summed E-state index contributed by atoms with van der Waals surface area (Å²) in [5.41, 5.74) is 7.49. The lowest BCUT2D eigenvalue weighted by molar-refractivity contribution is 0.0336. The van der Waals surface area contributed by atoms with Gasteiger partial charge < -0.3 is 15.7 Å². The Labute approximate surface area is 102 Å². The van der Waals surface area contributed by atoms with Crippen molar-refractivity contribution in [2.75, 3.05) is 18.0 Å². The molecule has 2 rings (SSSR count). The number of aliphatic hydroxyl groups is 1. The van der Waals surface area contributed by atoms with Crippen molar-refractivity contribution < 1.29 is 5.11 Å². The summed E-state index contributed by atoms with van der Waals surface area (Å²) in [5, 5.41) is 9.92. The number of rotatable bonds is 2. The van der Waals surface area contributed by atoms with Crippen LogP contribution >= 0.6 is 0 Å². The number of aliphatic hydroxyl groups excluding tert-OH is 1. The van der Waals surface area contributed by atoms with Gasteiger partial charge in [0.05, 0.1) is 23.7 Å². The van der Waals surface area contributed by atoms with Crippen LogP contribution in [0, 0.1) is 5.41 Å². The molecule has 1 aliphatic heterocycles. The van der Waals surface area contributed by atoms with E-state index in [1.165, 1.54) is 0 Å². The van der Waals surface area contributed by atoms with E-state index in [9.17, 15) is 5.11 Å². The van der Waals surface area contributed by atoms with E-state index in [1.54, 1.807) is 0 Å². The first kappa shape index (κ1) is 12.3. The van der Waals surface area contributed by atoms with E-state index in [4.69, 9.17) is 5.73 Å². The lowest BCUT2D eigenvalue weighted by atomic mass is 9.81. The molecule has 4 heteroatoms. The number of aromatic nitrogens is 1. The largest absolute Gasteiger partial charge is 0.392 e. The van der Waals surface area contributed by atoms with Gasteiger partial charge in [-0.25, -0.2) is 0 Å². The minimum Gasteiger partial charge on any atom is -0.392 e. The first-order chi connectivity index (χ1) is 8.03. The highest BCUT2D eigenvalue weighted by Gasteiger charge is 2.34. The van der Waals surface area contributed by atoms with Crippen molar-refractivity contribution in [3.05, 3.63) is 24.0 Å². The highest BCUT2D eigenvalue weighted by molar-refractivity contribution is 5.45. The standard InChI is InChI=1S/C13H21N3O/c1-13(2)9-16(6-5-12(13)17)11-4-3-10(7-14)15-8-11/h3-4,8,12,17H,5-7,9,14H2,1-2H3. The third-order valence-electron chi connectivity index (χ3n) is 3.56. The number of pyridine rings is 1. The maximum absolute atomic E-state index is 9.92. The van der Waals surface area contributed by atoms with Gasteiger partial charge >= 0.3 is 0 Å². The van der Waals surface area contributed by atoms with E-state index in [2.05, 4.69) is 29.8 Å². The SMILES string of the molecule is CC1(C)CN(c2ccc(CN)nc2)CCC1O. The average molecular weight is 235 g/mol. The quantitative estimate of drug-likeness (QED) is 0.807. The number of hydrogen-bond donors (Lipinski definition) is 2. The summed E-state index contributed by atoms with van der Waals surface area (Å²) in [4.78, 5) is 6.59. The third-order valence-corrected chi connectivity index (χ3v) is 3.56. The monoisotopic (exact) mass is 235 g/mol. The van der Waals surface area contributed by atoms with Crippen molar-refractivity contribution in [1.29, 1.82) is 0 Å². The second kappa shape index (κ2) is 4.63. The van der Waals surface area contributed by atoms with Gasteiger partial charge in [-0.1, -0.05) is 13.8 Å². The fourth-order valence-electron chi connectivity index (χ4n) is 2.29. The van der Waals surface area contributed by atoms with E-state index >= 15 is 0 Å². The lowest BCUT2D eigenvalue weighted by Gasteiger charge is -2.42. The van der Waals surface area contributed by atoms with Crippen LogP contribution in [0.5, 0.6) is 0 Å². The van der Waals surface area contributed by atoms with Crippen LogP contribution in [0.1, 0.15) is 26.0 Å². The maximum Gasteiger partial charge on any atom is 0.0624 e. The van der Waals surface area contributed by atoms with Crippen molar-refractivity contribution in [3.63, 3.8) is 0 Å². The molecule has 0 saturated carbocycles. The molecule has 0 spiro atoms. The van der Waals surface area contributed by atoms with Crippen molar-refractivity contribution in [3.8, 4) is 0 Å². The molecule has 3 N–H and O–H groups in total. The first-order valence-corrected chi connectivity index (χ1v) is 6.11. The molecule has 4 nitrogen and oxygen atoms in total. The zero-order valence-electron chi connectivity index (χ0n) is 10.6. The number of anilines is 1. The van der Waals surface area contributed by atoms with Gasteiger partial charge in [0, 0.05) is 25.0 Å². The van der Waals surface area contributed by atoms with E-state index in [0.717, 1.165) is 30.9 Å². The minimum absolute atomic E-state index is 0.0647. The van der Waals surface area contributed by atoms with Crippen LogP contribution in [0.2, 0.25) is 0 Å². The molecule has 0 radical (unpaired) electrons. The highest BCUT2D eigenvalue weighted by atomic mass is 16.3. The molecule has 0 bridgehead atoms. The lowest BCUT2D eigenvalue weighted by Crippen LogP contribution is -2.48. The normalized spacial score (nSPS) is 23.8. The number of hydrogen-bond acceptors (Lipinski definition) is 4. The second-order valence-electron chi connectivity index (χ2n) is 5.43. The summed E-state index contributed by atoms with van der Waals surface area (Å²) < 4.78 is 0. The average Bonchev–Trinajstić information content (AvgIpc) is 2.33. The summed E-state index contributed by atoms with van der Waals surface area (Å²) >= 11 is 0. The van der Waals surface area contributed by atoms with Crippen molar-refractivity contribution in [2.24, 2.45) is 11.1 Å². The maximum atomic E-state index is 9.92. The van der Waals surface area contributed by atoms with E-state index in [0.29, 0.717) is 6.54 Å². The Morgan fingerprint density at radius 2 is 2.29 bits per heavy atom. The van der Waals surface area contributed by atoms with Crippen molar-refractivity contribution in [2.45, 2.75) is 32.9 Å². The van der Waals surface area contributed by atoms with Gasteiger partial charge in [0.2, 0.25) is 0 Å². The van der Waals surface area contributed by atoms with Crippen LogP contribution in [-0.2, 0) is 6.54 Å². The summed E-state index contributed by atoms with van der Waals surface area (Å²) in [6.45, 7) is 6.42. The summed E-state index contributed by atoms with van der Waals surface area (Å²) in [6, 6.07) is 4.02. The molecule has 1 saturated heterocycles. The van der Waals surface area contributed by atoms with Crippen LogP contribution in [0.4, 0.5) is 5.69 Å². The molecule has 0 aliphatic carbocycles. The summed E-state index contributed by atoms with van der Waals surface area (Å²) in [7, 11) is 0. The number of piperidine rings is 1. The predicted octanol–water partition coefficient (Wildman–Crippen LogP) is 1.14. The second-order valence-corrected chi connectivity index (χ2v) is 5.43. The Hall–Kier alpha value is -1.13. The molecule has 94 valence electrons. The topological polar surface area (TPSA) is 62.4 Å². The molecule has 1 aromatic rings. The first-order valence-electron chi connectivity index (χ1n) is 6.11. The Bertz CT molecular complexity index is 375. The fraction of sp³-hybridized carbons (Fsp3) is 0.615. The molecule has 1 fully saturated rings. The number of nitrogens with two attached hydrogens (primary N) is 1. The van der Waals surface area contributed by atoms with Gasteiger partial charge in [0.25, 0.3) is 0 Å². The van der Waals surface area contributed by atoms with Crippen molar-refractivity contribution in [1.82, 2.24) is 4.98 Å². The zero-order chi connectivity index (χ0) is 12.5. The fourth-order valence-corrected chi connectivity index (χ4v) is 2.29. The predicted molar refractivity (Wildman–Crippen MR) is 68.7 cm³/mol. The Balaban J connectivity index is 2.12. The molecular formula is C13H21N3O. The molecule has 17 heavy (non-hydrogen) atoms. The molecule has 0 amide bonds. The molecule has 1 aromatic heterocycles. The third kappa shape index (κ3) is 2.58. The highest BCUT2D eigenvalue weighted by Crippen LogP contribution is 2.31. The van der Waals surface area contributed by atoms with Crippen LogP contribution in [0.25, 0.3) is 0 Å². The van der Waals surface area contributed by atoms with E-state index < -0.39 is 0 Å². The molecule has 1 unspecified atom stereocenters. The van der Waals surface area contributed by atoms with Crippen LogP contribution < -0.4 is 10.6 Å². The molecular weight excluding hydrogens is 214 g/mol. The Kier molecular flexibility index (Phi) is 3.35. The minimum atomic E-state index is -0.213. The number of nitrogens with zero attached hydrogens (tertiary/aromatic N) is 2. The van der Waals surface area contributed by atoms with Gasteiger partial charge in [-0.15, -0.1) is 0 Å². The molecule has 1 atom stereocenters. The smallest absolute Gasteiger partial charge is 0.0624 e. The Morgan fingerprint density at radius 3 is 2.82 bits per heavy atom. The summed E-state index contributed by atoms with van der Waals surface area (Å²) in [6.07, 6.45) is 2.47. The van der Waals surface area contributed by atoms with Crippen LogP contribution in [-0.4, -0.2) is 29.3 Å². The van der Waals surface area contributed by atoms with Gasteiger partial charge in [-0.05, 0) is 18.6 Å². The molecule has 0 aromatic carbocycles. The van der Waals surface area contributed by atoms with Crippen LogP contribution in [0.15, 0.2) is 18.3 Å². The van der Waals surface area contributed by atoms with E-state index in [-0.39, 0.29) is 11.5 Å². The zero-order valence-corrected chi connectivity index (χ0v) is 10.6. The van der Waals surface area contributed by atoms with E-state index in [1.807, 2.05) is 12.3 Å². The molecule has 1 aliphatic rings. The Morgan fingerprint density at radius 1 is 1.53 bits per heavy atom. The summed E-state index contributed by atoms with van der Waals surface area (Å²) in [5.74, 6) is 0. The van der Waals surface area contributed by atoms with Gasteiger partial charge in [0.1, 0.15) is 0 Å². The van der Waals surface area contributed by atoms with Gasteiger partial charge in [0.15, 0.2) is 0 Å². The van der Waals surface area contributed by atoms with Crippen LogP contribution in [0.3, 0.4) is 0 Å².